The van der Waals surface area contributed by atoms with Gasteiger partial charge in [0.25, 0.3) is 0 Å². The molecular weight excluding hydrogens is 414 g/mol. The second-order valence-corrected chi connectivity index (χ2v) is 7.99. The maximum absolute atomic E-state index is 13.8. The average molecular weight is 427 g/mol. The van der Waals surface area contributed by atoms with E-state index in [1.165, 1.54) is 6.07 Å². The Morgan fingerprint density at radius 3 is 2.80 bits per heavy atom. The Morgan fingerprint density at radius 1 is 1.45 bits per heavy atom. The van der Waals surface area contributed by atoms with Gasteiger partial charge in [0.2, 0.25) is 0 Å². The Bertz CT molecular complexity index is 681. The number of hydrogen-bond donors (Lipinski definition) is 0. The van der Waals surface area contributed by atoms with Gasteiger partial charge in [-0.1, -0.05) is 0 Å². The number of benzene rings is 1. The molecule has 1 fully saturated rings. The van der Waals surface area contributed by atoms with Crippen LogP contribution in [-0.2, 0) is 16.7 Å². The molecule has 0 amide bonds. The van der Waals surface area contributed by atoms with Crippen molar-refractivity contribution in [1.29, 1.82) is 0 Å². The lowest BCUT2D eigenvalue weighted by Gasteiger charge is -2.25. The molecule has 1 aliphatic heterocycles. The van der Waals surface area contributed by atoms with Gasteiger partial charge in [-0.05, 0) is 41.5 Å². The van der Waals surface area contributed by atoms with Gasteiger partial charge in [0.05, 0.1) is 20.5 Å². The number of fused-ring (bicyclic) bond motifs is 1. The maximum atomic E-state index is 13.8. The van der Waals surface area contributed by atoms with Crippen molar-refractivity contribution >= 4 is 56.0 Å². The van der Waals surface area contributed by atoms with Crippen LogP contribution in [0.3, 0.4) is 0 Å². The zero-order valence-electron chi connectivity index (χ0n) is 10.6. The first-order chi connectivity index (χ1) is 9.60. The highest BCUT2D eigenvalue weighted by molar-refractivity contribution is 14.1. The van der Waals surface area contributed by atoms with E-state index in [0.717, 1.165) is 29.7 Å². The summed E-state index contributed by atoms with van der Waals surface area (Å²) in [6.45, 7) is 0. The number of imidazole rings is 1. The van der Waals surface area contributed by atoms with Crippen molar-refractivity contribution in [3.05, 3.63) is 27.3 Å². The molecule has 2 aromatic rings. The first kappa shape index (κ1) is 14.7. The number of rotatable bonds is 2. The first-order valence-corrected chi connectivity index (χ1v) is 9.47. The van der Waals surface area contributed by atoms with Gasteiger partial charge in [0.1, 0.15) is 11.6 Å². The summed E-state index contributed by atoms with van der Waals surface area (Å²) in [5.74, 6) is 2.21. The molecule has 2 heterocycles. The predicted molar refractivity (Wildman–Crippen MR) is 88.1 cm³/mol. The average Bonchev–Trinajstić information content (AvgIpc) is 2.78. The Labute approximate surface area is 137 Å². The molecule has 1 aromatic heterocycles. The summed E-state index contributed by atoms with van der Waals surface area (Å²) in [7, 11) is -0.715. The SMILES string of the molecule is O=S1CCC(n2c(CCl)nc3cc(I)c(F)cc32)CC1. The van der Waals surface area contributed by atoms with E-state index in [2.05, 4.69) is 4.98 Å². The molecule has 0 saturated carbocycles. The van der Waals surface area contributed by atoms with Gasteiger partial charge in [-0.25, -0.2) is 9.37 Å². The monoisotopic (exact) mass is 426 g/mol. The summed E-state index contributed by atoms with van der Waals surface area (Å²) in [6.07, 6.45) is 1.66. The van der Waals surface area contributed by atoms with Crippen molar-refractivity contribution in [2.75, 3.05) is 11.5 Å². The van der Waals surface area contributed by atoms with Crippen molar-refractivity contribution < 1.29 is 8.60 Å². The summed E-state index contributed by atoms with van der Waals surface area (Å²) in [6, 6.07) is 3.50. The second-order valence-electron chi connectivity index (χ2n) is 4.87. The molecule has 0 atom stereocenters. The van der Waals surface area contributed by atoms with Gasteiger partial charge in [-0.15, -0.1) is 11.6 Å². The summed E-state index contributed by atoms with van der Waals surface area (Å²) in [5.41, 5.74) is 1.56. The molecule has 20 heavy (non-hydrogen) atoms. The number of halogens is 3. The fraction of sp³-hybridized carbons (Fsp3) is 0.462. The number of alkyl halides is 1. The van der Waals surface area contributed by atoms with E-state index in [-0.39, 0.29) is 11.9 Å². The molecule has 1 aromatic carbocycles. The molecule has 0 N–H and O–H groups in total. The lowest BCUT2D eigenvalue weighted by Crippen LogP contribution is -2.22. The summed E-state index contributed by atoms with van der Waals surface area (Å²) >= 11 is 7.96. The van der Waals surface area contributed by atoms with Crippen LogP contribution in [0.25, 0.3) is 11.0 Å². The van der Waals surface area contributed by atoms with Crippen LogP contribution in [0.4, 0.5) is 4.39 Å². The van der Waals surface area contributed by atoms with Crippen molar-refractivity contribution in [1.82, 2.24) is 9.55 Å². The minimum Gasteiger partial charge on any atom is -0.324 e. The Kier molecular flexibility index (Phi) is 4.33. The molecule has 3 rings (SSSR count). The third-order valence-corrected chi connectivity index (χ3v) is 6.09. The molecule has 0 spiro atoms. The van der Waals surface area contributed by atoms with Crippen LogP contribution >= 0.6 is 34.2 Å². The lowest BCUT2D eigenvalue weighted by atomic mass is 10.1. The molecule has 1 aliphatic rings. The summed E-state index contributed by atoms with van der Waals surface area (Å²) in [4.78, 5) is 4.51. The quantitative estimate of drug-likeness (QED) is 0.543. The van der Waals surface area contributed by atoms with Crippen molar-refractivity contribution in [3.63, 3.8) is 0 Å². The van der Waals surface area contributed by atoms with Gasteiger partial charge in [-0.2, -0.15) is 0 Å². The van der Waals surface area contributed by atoms with E-state index in [0.29, 0.717) is 21.0 Å². The standard InChI is InChI=1S/C13H13ClFIN2OS/c14-7-13-17-11-6-10(16)9(15)5-12(11)18(13)8-1-3-20(19)4-2-8/h5-6,8H,1-4,7H2. The van der Waals surface area contributed by atoms with Gasteiger partial charge >= 0.3 is 0 Å². The molecule has 0 bridgehead atoms. The van der Waals surface area contributed by atoms with Crippen molar-refractivity contribution in [2.45, 2.75) is 24.8 Å². The maximum Gasteiger partial charge on any atom is 0.138 e. The molecule has 3 nitrogen and oxygen atoms in total. The van der Waals surface area contributed by atoms with E-state index in [9.17, 15) is 8.60 Å². The fourth-order valence-corrected chi connectivity index (χ4v) is 4.59. The van der Waals surface area contributed by atoms with Crippen LogP contribution in [0.2, 0.25) is 0 Å². The van der Waals surface area contributed by atoms with E-state index >= 15 is 0 Å². The number of aromatic nitrogens is 2. The number of hydrogen-bond acceptors (Lipinski definition) is 2. The lowest BCUT2D eigenvalue weighted by molar-refractivity contribution is 0.462. The molecule has 0 aliphatic carbocycles. The minimum atomic E-state index is -0.715. The van der Waals surface area contributed by atoms with Gasteiger partial charge in [0.15, 0.2) is 0 Å². The third kappa shape index (κ3) is 2.62. The molecule has 108 valence electrons. The smallest absolute Gasteiger partial charge is 0.138 e. The Balaban J connectivity index is 2.12. The molecule has 0 unspecified atom stereocenters. The van der Waals surface area contributed by atoms with Gasteiger partial charge in [0, 0.05) is 34.4 Å². The fourth-order valence-electron chi connectivity index (χ4n) is 2.68. The summed E-state index contributed by atoms with van der Waals surface area (Å²) in [5, 5.41) is 0. The highest BCUT2D eigenvalue weighted by Gasteiger charge is 2.24. The van der Waals surface area contributed by atoms with Crippen LogP contribution in [0.15, 0.2) is 12.1 Å². The highest BCUT2D eigenvalue weighted by Crippen LogP contribution is 2.31. The van der Waals surface area contributed by atoms with Crippen molar-refractivity contribution in [3.8, 4) is 0 Å². The van der Waals surface area contributed by atoms with Gasteiger partial charge < -0.3 is 4.57 Å². The molecule has 7 heteroatoms. The first-order valence-electron chi connectivity index (χ1n) is 6.37. The molecule has 1 saturated heterocycles. The normalized spacial score (nSPS) is 23.4. The van der Waals surface area contributed by atoms with Crippen LogP contribution in [0.1, 0.15) is 24.7 Å². The van der Waals surface area contributed by atoms with E-state index in [1.807, 2.05) is 27.2 Å². The van der Waals surface area contributed by atoms with Crippen LogP contribution in [0.5, 0.6) is 0 Å². The number of nitrogens with zero attached hydrogens (tertiary/aromatic N) is 2. The van der Waals surface area contributed by atoms with Crippen LogP contribution < -0.4 is 0 Å². The van der Waals surface area contributed by atoms with Gasteiger partial charge in [-0.3, -0.25) is 4.21 Å². The van der Waals surface area contributed by atoms with Crippen LogP contribution in [0, 0.1) is 9.39 Å². The highest BCUT2D eigenvalue weighted by atomic mass is 127. The van der Waals surface area contributed by atoms with E-state index in [1.54, 1.807) is 6.07 Å². The zero-order valence-corrected chi connectivity index (χ0v) is 14.3. The second kappa shape index (κ2) is 5.88. The van der Waals surface area contributed by atoms with E-state index in [4.69, 9.17) is 11.6 Å². The minimum absolute atomic E-state index is 0.214. The molecule has 0 radical (unpaired) electrons. The predicted octanol–water partition coefficient (Wildman–Crippen LogP) is 3.60. The van der Waals surface area contributed by atoms with Crippen LogP contribution in [-0.4, -0.2) is 25.3 Å². The topological polar surface area (TPSA) is 34.9 Å². The zero-order chi connectivity index (χ0) is 14.3. The van der Waals surface area contributed by atoms with E-state index < -0.39 is 10.8 Å². The largest absolute Gasteiger partial charge is 0.324 e. The Morgan fingerprint density at radius 2 is 2.15 bits per heavy atom. The Hall–Kier alpha value is -0.210. The third-order valence-electron chi connectivity index (χ3n) is 3.65. The van der Waals surface area contributed by atoms with Crippen molar-refractivity contribution in [2.24, 2.45) is 0 Å². The molecular formula is C13H13ClFIN2OS. The summed E-state index contributed by atoms with van der Waals surface area (Å²) < 4.78 is 27.9.